The van der Waals surface area contributed by atoms with Crippen LogP contribution in [0.3, 0.4) is 0 Å². The van der Waals surface area contributed by atoms with E-state index in [2.05, 4.69) is 9.97 Å². The molecule has 15 heavy (non-hydrogen) atoms. The Morgan fingerprint density at radius 1 is 1.53 bits per heavy atom. The minimum atomic E-state index is 0.328. The average Bonchev–Trinajstić information content (AvgIpc) is 2.71. The van der Waals surface area contributed by atoms with Crippen LogP contribution in [0.5, 0.6) is 0 Å². The summed E-state index contributed by atoms with van der Waals surface area (Å²) in [6, 6.07) is 0. The lowest BCUT2D eigenvalue weighted by Crippen LogP contribution is -2.29. The number of aromatic nitrogens is 2. The molecule has 2 heterocycles. The molecule has 82 valence electrons. The number of nitrogens with two attached hydrogens (primary N) is 1. The number of anilines is 2. The maximum absolute atomic E-state index is 5.55. The largest absolute Gasteiger partial charge is 0.382 e. The van der Waals surface area contributed by atoms with Gasteiger partial charge >= 0.3 is 0 Å². The molecule has 1 aliphatic rings. The van der Waals surface area contributed by atoms with E-state index in [0.717, 1.165) is 31.8 Å². The van der Waals surface area contributed by atoms with E-state index in [1.54, 1.807) is 12.4 Å². The monoisotopic (exact) mass is 208 g/mol. The van der Waals surface area contributed by atoms with Crippen molar-refractivity contribution in [2.75, 3.05) is 30.8 Å². The molecular formula is C10H16N4O. The average molecular weight is 208 g/mol. The minimum Gasteiger partial charge on any atom is -0.382 e. The molecule has 1 unspecified atom stereocenters. The van der Waals surface area contributed by atoms with Gasteiger partial charge in [0, 0.05) is 20.2 Å². The first-order chi connectivity index (χ1) is 7.25. The highest BCUT2D eigenvalue weighted by Gasteiger charge is 2.17. The van der Waals surface area contributed by atoms with Crippen LogP contribution in [-0.2, 0) is 4.74 Å². The second-order valence-corrected chi connectivity index (χ2v) is 3.82. The number of hydrogen-bond acceptors (Lipinski definition) is 5. The van der Waals surface area contributed by atoms with Crippen LogP contribution in [0.4, 0.5) is 11.6 Å². The topological polar surface area (TPSA) is 64.3 Å². The number of ether oxygens (including phenoxy) is 1. The maximum atomic E-state index is 5.55. The molecule has 1 aliphatic heterocycles. The normalized spacial score (nSPS) is 20.5. The zero-order valence-corrected chi connectivity index (χ0v) is 8.89. The van der Waals surface area contributed by atoms with Crippen LogP contribution in [0.15, 0.2) is 12.4 Å². The van der Waals surface area contributed by atoms with Crippen molar-refractivity contribution in [2.45, 2.75) is 18.9 Å². The Morgan fingerprint density at radius 2 is 2.40 bits per heavy atom. The summed E-state index contributed by atoms with van der Waals surface area (Å²) in [7, 11) is 1.99. The minimum absolute atomic E-state index is 0.328. The second-order valence-electron chi connectivity index (χ2n) is 3.82. The van der Waals surface area contributed by atoms with Gasteiger partial charge in [0.2, 0.25) is 0 Å². The van der Waals surface area contributed by atoms with Gasteiger partial charge in [-0.05, 0) is 12.8 Å². The third kappa shape index (κ3) is 2.56. The number of likely N-dealkylation sites (N-methyl/N-ethyl adjacent to an activating group) is 1. The fraction of sp³-hybridized carbons (Fsp3) is 0.600. The number of nitrogen functional groups attached to an aromatic ring is 1. The lowest BCUT2D eigenvalue weighted by atomic mass is 10.2. The Bertz CT molecular complexity index is 308. The SMILES string of the molecule is CN(CC1CCCO1)c1cnc(N)cn1. The van der Waals surface area contributed by atoms with Crippen molar-refractivity contribution in [2.24, 2.45) is 0 Å². The third-order valence-electron chi connectivity index (χ3n) is 2.55. The molecule has 0 spiro atoms. The third-order valence-corrected chi connectivity index (χ3v) is 2.55. The Labute approximate surface area is 89.3 Å². The molecule has 0 bridgehead atoms. The predicted octanol–water partition coefficient (Wildman–Crippen LogP) is 0.674. The Hall–Kier alpha value is -1.36. The van der Waals surface area contributed by atoms with E-state index in [0.29, 0.717) is 11.9 Å². The molecule has 5 nitrogen and oxygen atoms in total. The molecule has 0 saturated carbocycles. The number of nitrogens with zero attached hydrogens (tertiary/aromatic N) is 3. The van der Waals surface area contributed by atoms with E-state index >= 15 is 0 Å². The lowest BCUT2D eigenvalue weighted by molar-refractivity contribution is 0.116. The first-order valence-electron chi connectivity index (χ1n) is 5.16. The number of rotatable bonds is 3. The summed E-state index contributed by atoms with van der Waals surface area (Å²) in [4.78, 5) is 10.3. The van der Waals surface area contributed by atoms with Crippen LogP contribution in [0.1, 0.15) is 12.8 Å². The highest BCUT2D eigenvalue weighted by Crippen LogP contribution is 2.15. The molecule has 1 saturated heterocycles. The van der Waals surface area contributed by atoms with Gasteiger partial charge in [-0.15, -0.1) is 0 Å². The van der Waals surface area contributed by atoms with Crippen molar-refractivity contribution < 1.29 is 4.74 Å². The van der Waals surface area contributed by atoms with E-state index in [9.17, 15) is 0 Å². The summed E-state index contributed by atoms with van der Waals surface area (Å²) in [5, 5.41) is 0. The van der Waals surface area contributed by atoms with Gasteiger partial charge in [0.1, 0.15) is 11.6 Å². The van der Waals surface area contributed by atoms with Gasteiger partial charge in [-0.1, -0.05) is 0 Å². The zero-order valence-electron chi connectivity index (χ0n) is 8.89. The molecule has 2 rings (SSSR count). The smallest absolute Gasteiger partial charge is 0.147 e. The fourth-order valence-corrected chi connectivity index (χ4v) is 1.72. The summed E-state index contributed by atoms with van der Waals surface area (Å²) >= 11 is 0. The molecule has 1 atom stereocenters. The van der Waals surface area contributed by atoms with Gasteiger partial charge in [0.15, 0.2) is 0 Å². The quantitative estimate of drug-likeness (QED) is 0.791. The van der Waals surface area contributed by atoms with E-state index in [4.69, 9.17) is 10.5 Å². The summed E-state index contributed by atoms with van der Waals surface area (Å²) < 4.78 is 5.55. The number of hydrogen-bond donors (Lipinski definition) is 1. The molecule has 5 heteroatoms. The van der Waals surface area contributed by atoms with Crippen molar-refractivity contribution in [3.8, 4) is 0 Å². The summed E-state index contributed by atoms with van der Waals surface area (Å²) in [5.41, 5.74) is 5.47. The first-order valence-corrected chi connectivity index (χ1v) is 5.16. The molecule has 0 aromatic carbocycles. The van der Waals surface area contributed by atoms with Crippen LogP contribution >= 0.6 is 0 Å². The molecule has 0 aliphatic carbocycles. The summed E-state index contributed by atoms with van der Waals surface area (Å²) in [6.07, 6.45) is 5.87. The molecule has 0 amide bonds. The first kappa shape index (κ1) is 10.2. The van der Waals surface area contributed by atoms with Crippen LogP contribution in [0.2, 0.25) is 0 Å². The van der Waals surface area contributed by atoms with E-state index in [1.165, 1.54) is 0 Å². The van der Waals surface area contributed by atoms with Gasteiger partial charge < -0.3 is 15.4 Å². The highest BCUT2D eigenvalue weighted by atomic mass is 16.5. The maximum Gasteiger partial charge on any atom is 0.147 e. The molecular weight excluding hydrogens is 192 g/mol. The predicted molar refractivity (Wildman–Crippen MR) is 58.7 cm³/mol. The van der Waals surface area contributed by atoms with Crippen molar-refractivity contribution in [3.63, 3.8) is 0 Å². The van der Waals surface area contributed by atoms with E-state index in [1.807, 2.05) is 11.9 Å². The molecule has 1 fully saturated rings. The van der Waals surface area contributed by atoms with Crippen molar-refractivity contribution >= 4 is 11.6 Å². The van der Waals surface area contributed by atoms with Crippen LogP contribution in [0.25, 0.3) is 0 Å². The highest BCUT2D eigenvalue weighted by molar-refractivity contribution is 5.38. The van der Waals surface area contributed by atoms with E-state index < -0.39 is 0 Å². The van der Waals surface area contributed by atoms with Crippen molar-refractivity contribution in [3.05, 3.63) is 12.4 Å². The summed E-state index contributed by atoms with van der Waals surface area (Å²) in [5.74, 6) is 1.28. The Morgan fingerprint density at radius 3 is 3.00 bits per heavy atom. The van der Waals surface area contributed by atoms with Crippen LogP contribution in [-0.4, -0.2) is 36.3 Å². The Kier molecular flexibility index (Phi) is 3.01. The molecule has 0 radical (unpaired) electrons. The van der Waals surface area contributed by atoms with Gasteiger partial charge in [-0.3, -0.25) is 0 Å². The van der Waals surface area contributed by atoms with Crippen LogP contribution < -0.4 is 10.6 Å². The van der Waals surface area contributed by atoms with Gasteiger partial charge in [0.25, 0.3) is 0 Å². The van der Waals surface area contributed by atoms with Gasteiger partial charge in [0.05, 0.1) is 18.5 Å². The lowest BCUT2D eigenvalue weighted by Gasteiger charge is -2.21. The molecule has 1 aromatic rings. The van der Waals surface area contributed by atoms with E-state index in [-0.39, 0.29) is 0 Å². The molecule has 1 aromatic heterocycles. The Balaban J connectivity index is 1.94. The standard InChI is InChI=1S/C10H16N4O/c1-14(7-8-3-2-4-15-8)10-6-12-9(11)5-13-10/h5-6,8H,2-4,7H2,1H3,(H2,11,12). The zero-order chi connectivity index (χ0) is 10.7. The second kappa shape index (κ2) is 4.44. The van der Waals surface area contributed by atoms with Crippen molar-refractivity contribution in [1.82, 2.24) is 9.97 Å². The summed E-state index contributed by atoms with van der Waals surface area (Å²) in [6.45, 7) is 1.74. The van der Waals surface area contributed by atoms with Crippen LogP contribution in [0, 0.1) is 0 Å². The van der Waals surface area contributed by atoms with Gasteiger partial charge in [-0.2, -0.15) is 0 Å². The molecule has 2 N–H and O–H groups in total. The van der Waals surface area contributed by atoms with Gasteiger partial charge in [-0.25, -0.2) is 9.97 Å². The fourth-order valence-electron chi connectivity index (χ4n) is 1.72. The van der Waals surface area contributed by atoms with Crippen molar-refractivity contribution in [1.29, 1.82) is 0 Å².